The topological polar surface area (TPSA) is 36.9 Å². The van der Waals surface area contributed by atoms with Gasteiger partial charge in [0, 0.05) is 17.9 Å². The molecule has 8 atom stereocenters. The molecule has 4 saturated heterocycles. The van der Waals surface area contributed by atoms with Gasteiger partial charge in [-0.05, 0) is 62.0 Å². The van der Waals surface area contributed by atoms with Gasteiger partial charge in [0.25, 0.3) is 0 Å². The molecule has 6 rings (SSSR count). The van der Waals surface area contributed by atoms with Gasteiger partial charge in [0.15, 0.2) is 11.9 Å². The SMILES string of the molecule is C=C(C[C@H]1O[C@@H]2O[C@@]3(C)CC[C@H]4[C@H](C)CC[C@@H]([C@H]1C)[C@@]24OO3)c1ccccc1F. The molecule has 5 heteroatoms. The van der Waals surface area contributed by atoms with Gasteiger partial charge >= 0.3 is 0 Å². The maximum atomic E-state index is 14.3. The van der Waals surface area contributed by atoms with E-state index in [4.69, 9.17) is 19.2 Å². The van der Waals surface area contributed by atoms with Gasteiger partial charge in [0.05, 0.1) is 6.10 Å². The first-order chi connectivity index (χ1) is 13.8. The fraction of sp³-hybridized carbons (Fsp3) is 0.667. The van der Waals surface area contributed by atoms with Crippen LogP contribution >= 0.6 is 0 Å². The molecule has 4 nitrogen and oxygen atoms in total. The van der Waals surface area contributed by atoms with Crippen LogP contribution in [0.1, 0.15) is 58.4 Å². The molecule has 4 heterocycles. The lowest BCUT2D eigenvalue weighted by Gasteiger charge is -2.60. The summed E-state index contributed by atoms with van der Waals surface area (Å²) in [6.07, 6.45) is 4.08. The first-order valence-corrected chi connectivity index (χ1v) is 11.0. The van der Waals surface area contributed by atoms with Gasteiger partial charge in [-0.25, -0.2) is 14.2 Å². The predicted molar refractivity (Wildman–Crippen MR) is 107 cm³/mol. The summed E-state index contributed by atoms with van der Waals surface area (Å²) in [7, 11) is 0. The van der Waals surface area contributed by atoms with Crippen LogP contribution in [-0.4, -0.2) is 23.8 Å². The van der Waals surface area contributed by atoms with Crippen molar-refractivity contribution < 1.29 is 23.6 Å². The van der Waals surface area contributed by atoms with Gasteiger partial charge in [-0.2, -0.15) is 0 Å². The molecule has 0 N–H and O–H groups in total. The highest BCUT2D eigenvalue weighted by molar-refractivity contribution is 5.64. The summed E-state index contributed by atoms with van der Waals surface area (Å²) in [5.41, 5.74) is 0.774. The van der Waals surface area contributed by atoms with Crippen LogP contribution in [0.3, 0.4) is 0 Å². The van der Waals surface area contributed by atoms with Gasteiger partial charge in [-0.15, -0.1) is 0 Å². The lowest BCUT2D eigenvalue weighted by molar-refractivity contribution is -0.570. The van der Waals surface area contributed by atoms with E-state index in [1.165, 1.54) is 12.5 Å². The van der Waals surface area contributed by atoms with Crippen molar-refractivity contribution in [3.63, 3.8) is 0 Å². The molecule has 5 fully saturated rings. The van der Waals surface area contributed by atoms with E-state index in [0.717, 1.165) is 24.8 Å². The minimum Gasteiger partial charge on any atom is -0.346 e. The largest absolute Gasteiger partial charge is 0.346 e. The van der Waals surface area contributed by atoms with Crippen molar-refractivity contribution in [2.75, 3.05) is 0 Å². The van der Waals surface area contributed by atoms with E-state index in [0.29, 0.717) is 23.8 Å². The van der Waals surface area contributed by atoms with Crippen molar-refractivity contribution in [3.8, 4) is 0 Å². The van der Waals surface area contributed by atoms with Crippen molar-refractivity contribution in [3.05, 3.63) is 42.2 Å². The maximum Gasteiger partial charge on any atom is 0.201 e. The zero-order chi connectivity index (χ0) is 20.4. The standard InChI is InChI=1S/C24H31FO4/c1-14-9-10-19-16(3)21(13-15(2)17-7-5-6-8-20(17)25)26-22-24(19)18(14)11-12-23(4,27-22)28-29-24/h5-8,14,16,18-19,21-22H,2,9-13H2,1,3-4H3/t14-,16-,18+,19+,21-,22-,23-,24-/m1/s1. The minimum atomic E-state index is -0.773. The number of rotatable bonds is 3. The molecule has 1 spiro atoms. The zero-order valence-corrected chi connectivity index (χ0v) is 17.5. The average molecular weight is 403 g/mol. The number of halogens is 1. The number of fused-ring (bicyclic) bond motifs is 2. The summed E-state index contributed by atoms with van der Waals surface area (Å²) in [6, 6.07) is 6.81. The van der Waals surface area contributed by atoms with Crippen LogP contribution in [0.4, 0.5) is 4.39 Å². The zero-order valence-electron chi connectivity index (χ0n) is 17.5. The molecule has 1 saturated carbocycles. The van der Waals surface area contributed by atoms with Gasteiger partial charge in [-0.1, -0.05) is 38.6 Å². The second kappa shape index (κ2) is 6.88. The van der Waals surface area contributed by atoms with E-state index in [1.807, 2.05) is 13.0 Å². The summed E-state index contributed by atoms with van der Waals surface area (Å²) < 4.78 is 27.2. The van der Waals surface area contributed by atoms with Crippen LogP contribution in [0.2, 0.25) is 0 Å². The number of hydrogen-bond acceptors (Lipinski definition) is 4. The molecule has 2 bridgehead atoms. The Bertz CT molecular complexity index is 812. The van der Waals surface area contributed by atoms with E-state index >= 15 is 0 Å². The fourth-order valence-corrected chi connectivity index (χ4v) is 6.31. The van der Waals surface area contributed by atoms with Gasteiger partial charge in [0.1, 0.15) is 5.82 Å². The van der Waals surface area contributed by atoms with Crippen molar-refractivity contribution >= 4 is 5.57 Å². The predicted octanol–water partition coefficient (Wildman–Crippen LogP) is 5.48. The van der Waals surface area contributed by atoms with Crippen LogP contribution in [0, 0.1) is 29.5 Å². The molecule has 4 aliphatic heterocycles. The Labute approximate surface area is 172 Å². The molecule has 1 aliphatic carbocycles. The van der Waals surface area contributed by atoms with E-state index in [2.05, 4.69) is 20.4 Å². The normalized spacial score (nSPS) is 46.1. The van der Waals surface area contributed by atoms with Crippen molar-refractivity contribution in [2.24, 2.45) is 23.7 Å². The Morgan fingerprint density at radius 2 is 1.93 bits per heavy atom. The first kappa shape index (κ1) is 19.7. The third-order valence-corrected chi connectivity index (χ3v) is 8.00. The second-order valence-corrected chi connectivity index (χ2v) is 9.73. The number of benzene rings is 1. The monoisotopic (exact) mass is 402 g/mol. The van der Waals surface area contributed by atoms with E-state index in [9.17, 15) is 4.39 Å². The van der Waals surface area contributed by atoms with E-state index in [1.54, 1.807) is 12.1 Å². The van der Waals surface area contributed by atoms with Crippen molar-refractivity contribution in [1.82, 2.24) is 0 Å². The lowest BCUT2D eigenvalue weighted by Crippen LogP contribution is -2.70. The van der Waals surface area contributed by atoms with E-state index < -0.39 is 17.7 Å². The Kier molecular flexibility index (Phi) is 4.67. The van der Waals surface area contributed by atoms with Crippen LogP contribution < -0.4 is 0 Å². The Morgan fingerprint density at radius 3 is 2.72 bits per heavy atom. The summed E-state index contributed by atoms with van der Waals surface area (Å²) in [6.45, 7) is 10.6. The molecule has 158 valence electrons. The van der Waals surface area contributed by atoms with Crippen LogP contribution in [0.25, 0.3) is 5.57 Å². The number of ether oxygens (including phenoxy) is 2. The summed E-state index contributed by atoms with van der Waals surface area (Å²) >= 11 is 0. The molecule has 5 aliphatic rings. The molecular weight excluding hydrogens is 371 g/mol. The molecule has 0 radical (unpaired) electrons. The third-order valence-electron chi connectivity index (χ3n) is 8.00. The molecule has 0 aromatic heterocycles. The van der Waals surface area contributed by atoms with Gasteiger partial charge in [0.2, 0.25) is 5.79 Å². The minimum absolute atomic E-state index is 0.0941. The Balaban J connectivity index is 1.46. The van der Waals surface area contributed by atoms with Crippen LogP contribution in [0.15, 0.2) is 30.8 Å². The first-order valence-electron chi connectivity index (χ1n) is 11.0. The molecule has 0 unspecified atom stereocenters. The summed E-state index contributed by atoms with van der Waals surface area (Å²) in [5, 5.41) is 0. The fourth-order valence-electron chi connectivity index (χ4n) is 6.31. The Morgan fingerprint density at radius 1 is 1.14 bits per heavy atom. The number of hydrogen-bond donors (Lipinski definition) is 0. The van der Waals surface area contributed by atoms with Crippen LogP contribution in [0.5, 0.6) is 0 Å². The van der Waals surface area contributed by atoms with Gasteiger partial charge in [-0.3, -0.25) is 0 Å². The molecule has 1 aromatic carbocycles. The average Bonchev–Trinajstić information content (AvgIpc) is 2.92. The highest BCUT2D eigenvalue weighted by Gasteiger charge is 2.69. The smallest absolute Gasteiger partial charge is 0.201 e. The van der Waals surface area contributed by atoms with Crippen LogP contribution in [-0.2, 0) is 19.2 Å². The molecule has 29 heavy (non-hydrogen) atoms. The highest BCUT2D eigenvalue weighted by Crippen LogP contribution is 2.61. The molecular formula is C24H31FO4. The molecule has 1 aromatic rings. The second-order valence-electron chi connectivity index (χ2n) is 9.73. The maximum absolute atomic E-state index is 14.3. The summed E-state index contributed by atoms with van der Waals surface area (Å²) in [4.78, 5) is 12.0. The van der Waals surface area contributed by atoms with Crippen molar-refractivity contribution in [1.29, 1.82) is 0 Å². The third kappa shape index (κ3) is 2.93. The Hall–Kier alpha value is -1.27. The van der Waals surface area contributed by atoms with E-state index in [-0.39, 0.29) is 23.8 Å². The lowest BCUT2D eigenvalue weighted by atomic mass is 9.57. The van der Waals surface area contributed by atoms with Gasteiger partial charge < -0.3 is 9.47 Å². The van der Waals surface area contributed by atoms with Crippen molar-refractivity contribution in [2.45, 2.75) is 76.7 Å². The molecule has 0 amide bonds. The summed E-state index contributed by atoms with van der Waals surface area (Å²) in [5.74, 6) is 0.405. The highest BCUT2D eigenvalue weighted by atomic mass is 19.1. The quantitative estimate of drug-likeness (QED) is 0.628.